The normalized spacial score (nSPS) is 11.9. The van der Waals surface area contributed by atoms with Crippen LogP contribution in [0.15, 0.2) is 54.6 Å². The first-order valence-corrected chi connectivity index (χ1v) is 7.73. The highest BCUT2D eigenvalue weighted by atomic mass is 32.1. The largest absolute Gasteiger partial charge is 0.331 e. The van der Waals surface area contributed by atoms with Gasteiger partial charge in [0.1, 0.15) is 0 Å². The first-order valence-electron chi connectivity index (χ1n) is 7.32. The van der Waals surface area contributed by atoms with E-state index in [2.05, 4.69) is 71.9 Å². The van der Waals surface area contributed by atoms with E-state index in [-0.39, 0.29) is 5.54 Å². The Labute approximate surface area is 130 Å². The first kappa shape index (κ1) is 14.1. The van der Waals surface area contributed by atoms with Gasteiger partial charge >= 0.3 is 0 Å². The maximum absolute atomic E-state index is 5.54. The second-order valence-corrected chi connectivity index (χ2v) is 6.47. The van der Waals surface area contributed by atoms with Gasteiger partial charge in [0, 0.05) is 5.54 Å². The third-order valence-electron chi connectivity index (χ3n) is 4.06. The van der Waals surface area contributed by atoms with Crippen molar-refractivity contribution in [1.29, 1.82) is 0 Å². The fraction of sp³-hybridized carbons (Fsp3) is 0.278. The number of benzene rings is 2. The molecule has 0 unspecified atom stereocenters. The van der Waals surface area contributed by atoms with Crippen molar-refractivity contribution in [2.24, 2.45) is 0 Å². The van der Waals surface area contributed by atoms with E-state index < -0.39 is 0 Å². The third kappa shape index (κ3) is 2.79. The number of hydrogen-bond donors (Lipinski definition) is 1. The summed E-state index contributed by atoms with van der Waals surface area (Å²) >= 11 is 5.54. The quantitative estimate of drug-likeness (QED) is 0.667. The fourth-order valence-electron chi connectivity index (χ4n) is 2.86. The van der Waals surface area contributed by atoms with Gasteiger partial charge in [-0.25, -0.2) is 0 Å². The minimum absolute atomic E-state index is 0.0213. The second kappa shape index (κ2) is 5.49. The Morgan fingerprint density at radius 3 is 2.43 bits per heavy atom. The van der Waals surface area contributed by atoms with Gasteiger partial charge in [0.2, 0.25) is 0 Å². The number of aromatic amines is 1. The molecule has 0 saturated carbocycles. The highest BCUT2D eigenvalue weighted by molar-refractivity contribution is 7.71. The van der Waals surface area contributed by atoms with E-state index in [0.29, 0.717) is 0 Å². The molecule has 0 aliphatic rings. The number of aryl methyl sites for hydroxylation is 1. The number of nitrogens with one attached hydrogen (secondary N) is 1. The lowest BCUT2D eigenvalue weighted by Crippen LogP contribution is -2.27. The number of rotatable bonds is 4. The Morgan fingerprint density at radius 2 is 1.67 bits per heavy atom. The predicted octanol–water partition coefficient (Wildman–Crippen LogP) is 5.07. The predicted molar refractivity (Wildman–Crippen MR) is 91.2 cm³/mol. The van der Waals surface area contributed by atoms with Crippen LogP contribution in [0.4, 0.5) is 0 Å². The lowest BCUT2D eigenvalue weighted by molar-refractivity contribution is 0.333. The molecule has 0 bridgehead atoms. The summed E-state index contributed by atoms with van der Waals surface area (Å²) in [5.74, 6) is 0. The molecule has 1 aromatic heterocycles. The van der Waals surface area contributed by atoms with Crippen molar-refractivity contribution < 1.29 is 0 Å². The number of aromatic nitrogens is 2. The van der Waals surface area contributed by atoms with Gasteiger partial charge in [-0.3, -0.25) is 0 Å². The second-order valence-electron chi connectivity index (χ2n) is 6.08. The molecule has 21 heavy (non-hydrogen) atoms. The average molecular weight is 296 g/mol. The summed E-state index contributed by atoms with van der Waals surface area (Å²) in [5, 5.41) is 0. The number of para-hydroxylation sites is 2. The van der Waals surface area contributed by atoms with Crippen LogP contribution in [-0.4, -0.2) is 9.55 Å². The SMILES string of the molecule is CC(C)(CCc1ccccc1)n1c(=S)[nH]c2ccccc21. The topological polar surface area (TPSA) is 20.7 Å². The zero-order valence-electron chi connectivity index (χ0n) is 12.5. The fourth-order valence-corrected chi connectivity index (χ4v) is 3.32. The van der Waals surface area contributed by atoms with Gasteiger partial charge in [0.15, 0.2) is 4.77 Å². The van der Waals surface area contributed by atoms with Crippen molar-refractivity contribution in [3.8, 4) is 0 Å². The number of H-pyrrole nitrogens is 1. The molecule has 108 valence electrons. The molecule has 3 heteroatoms. The summed E-state index contributed by atoms with van der Waals surface area (Å²) in [4.78, 5) is 3.31. The van der Waals surface area contributed by atoms with Crippen molar-refractivity contribution >= 4 is 23.3 Å². The Morgan fingerprint density at radius 1 is 1.00 bits per heavy atom. The molecule has 0 spiro atoms. The third-order valence-corrected chi connectivity index (χ3v) is 4.35. The van der Waals surface area contributed by atoms with E-state index in [1.807, 2.05) is 6.07 Å². The van der Waals surface area contributed by atoms with Crippen LogP contribution in [-0.2, 0) is 12.0 Å². The molecule has 1 heterocycles. The molecule has 0 fully saturated rings. The first-order chi connectivity index (χ1) is 10.1. The van der Waals surface area contributed by atoms with Gasteiger partial charge in [-0.15, -0.1) is 0 Å². The van der Waals surface area contributed by atoms with Gasteiger partial charge in [0.25, 0.3) is 0 Å². The molecule has 3 rings (SSSR count). The summed E-state index contributed by atoms with van der Waals surface area (Å²) < 4.78 is 3.05. The van der Waals surface area contributed by atoms with Crippen LogP contribution in [0.25, 0.3) is 11.0 Å². The van der Waals surface area contributed by atoms with Crippen molar-refractivity contribution in [3.05, 3.63) is 64.9 Å². The number of hydrogen-bond acceptors (Lipinski definition) is 1. The van der Waals surface area contributed by atoms with Crippen LogP contribution < -0.4 is 0 Å². The molecule has 0 aliphatic heterocycles. The summed E-state index contributed by atoms with van der Waals surface area (Å²) in [6.45, 7) is 4.51. The van der Waals surface area contributed by atoms with Gasteiger partial charge in [-0.05, 0) is 56.6 Å². The summed E-state index contributed by atoms with van der Waals surface area (Å²) in [5.41, 5.74) is 3.64. The van der Waals surface area contributed by atoms with Crippen LogP contribution in [0.3, 0.4) is 0 Å². The Balaban J connectivity index is 1.93. The van der Waals surface area contributed by atoms with E-state index in [1.54, 1.807) is 0 Å². The van der Waals surface area contributed by atoms with E-state index in [4.69, 9.17) is 12.2 Å². The Kier molecular flexibility index (Phi) is 3.68. The standard InChI is InChI=1S/C18H20N2S/c1-18(2,13-12-14-8-4-3-5-9-14)20-16-11-7-6-10-15(16)19-17(20)21/h3-11H,12-13H2,1-2H3,(H,19,21). The summed E-state index contributed by atoms with van der Waals surface area (Å²) in [7, 11) is 0. The average Bonchev–Trinajstić information content (AvgIpc) is 2.83. The smallest absolute Gasteiger partial charge is 0.178 e. The van der Waals surface area contributed by atoms with Crippen molar-refractivity contribution in [3.63, 3.8) is 0 Å². The lowest BCUT2D eigenvalue weighted by atomic mass is 9.95. The highest BCUT2D eigenvalue weighted by Crippen LogP contribution is 2.27. The molecule has 0 saturated heterocycles. The molecule has 3 aromatic rings. The minimum Gasteiger partial charge on any atom is -0.331 e. The molecule has 0 atom stereocenters. The minimum atomic E-state index is -0.0213. The van der Waals surface area contributed by atoms with Gasteiger partial charge in [-0.2, -0.15) is 0 Å². The van der Waals surface area contributed by atoms with Crippen LogP contribution >= 0.6 is 12.2 Å². The summed E-state index contributed by atoms with van der Waals surface area (Å²) in [6, 6.07) is 18.9. The Hall–Kier alpha value is -1.87. The highest BCUT2D eigenvalue weighted by Gasteiger charge is 2.23. The number of nitrogens with zero attached hydrogens (tertiary/aromatic N) is 1. The van der Waals surface area contributed by atoms with E-state index >= 15 is 0 Å². The molecule has 0 aliphatic carbocycles. The monoisotopic (exact) mass is 296 g/mol. The Bertz CT molecular complexity index is 797. The lowest BCUT2D eigenvalue weighted by Gasteiger charge is -2.27. The van der Waals surface area contributed by atoms with E-state index in [1.165, 1.54) is 11.1 Å². The van der Waals surface area contributed by atoms with Crippen molar-refractivity contribution in [2.45, 2.75) is 32.2 Å². The van der Waals surface area contributed by atoms with Crippen LogP contribution in [0.2, 0.25) is 0 Å². The molecule has 2 aromatic carbocycles. The van der Waals surface area contributed by atoms with Gasteiger partial charge in [0.05, 0.1) is 11.0 Å². The molecule has 0 amide bonds. The van der Waals surface area contributed by atoms with Crippen molar-refractivity contribution in [2.75, 3.05) is 0 Å². The molecule has 1 N–H and O–H groups in total. The summed E-state index contributed by atoms with van der Waals surface area (Å²) in [6.07, 6.45) is 2.10. The molecular weight excluding hydrogens is 276 g/mol. The number of imidazole rings is 1. The van der Waals surface area contributed by atoms with E-state index in [9.17, 15) is 0 Å². The van der Waals surface area contributed by atoms with Crippen molar-refractivity contribution in [1.82, 2.24) is 9.55 Å². The molecule has 2 nitrogen and oxygen atoms in total. The maximum Gasteiger partial charge on any atom is 0.178 e. The van der Waals surface area contributed by atoms with Crippen LogP contribution in [0.5, 0.6) is 0 Å². The molecular formula is C18H20N2S. The zero-order valence-corrected chi connectivity index (χ0v) is 13.3. The zero-order chi connectivity index (χ0) is 14.9. The van der Waals surface area contributed by atoms with Crippen LogP contribution in [0.1, 0.15) is 25.8 Å². The van der Waals surface area contributed by atoms with Gasteiger partial charge in [-0.1, -0.05) is 42.5 Å². The molecule has 0 radical (unpaired) electrons. The van der Waals surface area contributed by atoms with Crippen LogP contribution in [0, 0.1) is 4.77 Å². The number of fused-ring (bicyclic) bond motifs is 1. The maximum atomic E-state index is 5.54. The van der Waals surface area contributed by atoms with Gasteiger partial charge < -0.3 is 9.55 Å². The van der Waals surface area contributed by atoms with E-state index in [0.717, 1.165) is 23.1 Å².